The van der Waals surface area contributed by atoms with Gasteiger partial charge in [-0.2, -0.15) is 0 Å². The summed E-state index contributed by atoms with van der Waals surface area (Å²) in [6.07, 6.45) is 3.54. The molecule has 1 heteroatoms. The second-order valence-corrected chi connectivity index (χ2v) is 5.07. The smallest absolute Gasteiger partial charge is 0.0527 e. The van der Waals surface area contributed by atoms with Crippen LogP contribution in [-0.2, 0) is 5.41 Å². The molecule has 82 valence electrons. The molecule has 0 radical (unpaired) electrons. The molecule has 0 spiro atoms. The van der Waals surface area contributed by atoms with E-state index >= 15 is 0 Å². The van der Waals surface area contributed by atoms with Gasteiger partial charge in [0.1, 0.15) is 0 Å². The van der Waals surface area contributed by atoms with E-state index < -0.39 is 0 Å². The highest BCUT2D eigenvalue weighted by Gasteiger charge is 2.37. The maximum absolute atomic E-state index is 9.47. The Labute approximate surface area is 92.1 Å². The van der Waals surface area contributed by atoms with E-state index in [0.717, 1.165) is 12.8 Å². The molecule has 1 nitrogen and oxygen atoms in total. The Morgan fingerprint density at radius 2 is 1.80 bits per heavy atom. The SMILES string of the molecule is CC(C)c1ccc(C2(CO)CCC2)cc1. The molecule has 1 saturated carbocycles. The molecule has 15 heavy (non-hydrogen) atoms. The van der Waals surface area contributed by atoms with Crippen molar-refractivity contribution in [3.63, 3.8) is 0 Å². The Balaban J connectivity index is 2.23. The predicted molar refractivity (Wildman–Crippen MR) is 63.1 cm³/mol. The Hall–Kier alpha value is -0.820. The minimum atomic E-state index is 0.0928. The minimum Gasteiger partial charge on any atom is -0.395 e. The van der Waals surface area contributed by atoms with Crippen molar-refractivity contribution in [3.8, 4) is 0 Å². The van der Waals surface area contributed by atoms with Crippen molar-refractivity contribution in [2.45, 2.75) is 44.4 Å². The molecule has 1 N–H and O–H groups in total. The lowest BCUT2D eigenvalue weighted by molar-refractivity contribution is 0.120. The molecule has 2 rings (SSSR count). The van der Waals surface area contributed by atoms with E-state index in [4.69, 9.17) is 0 Å². The standard InChI is InChI=1S/C14H20O/c1-11(2)12-4-6-13(7-5-12)14(10-15)8-3-9-14/h4-7,11,15H,3,8-10H2,1-2H3. The Morgan fingerprint density at radius 1 is 1.20 bits per heavy atom. The van der Waals surface area contributed by atoms with Gasteiger partial charge in [0, 0.05) is 5.41 Å². The molecule has 0 amide bonds. The van der Waals surface area contributed by atoms with Crippen LogP contribution in [0.15, 0.2) is 24.3 Å². The molecule has 0 saturated heterocycles. The van der Waals surface area contributed by atoms with Crippen LogP contribution in [0.5, 0.6) is 0 Å². The fourth-order valence-corrected chi connectivity index (χ4v) is 2.36. The number of aliphatic hydroxyl groups excluding tert-OH is 1. The summed E-state index contributed by atoms with van der Waals surface area (Å²) in [5, 5.41) is 9.47. The van der Waals surface area contributed by atoms with Crippen LogP contribution in [-0.4, -0.2) is 11.7 Å². The zero-order valence-electron chi connectivity index (χ0n) is 9.66. The number of hydrogen-bond acceptors (Lipinski definition) is 1. The molecule has 1 fully saturated rings. The second-order valence-electron chi connectivity index (χ2n) is 5.07. The first-order valence-electron chi connectivity index (χ1n) is 5.89. The normalized spacial score (nSPS) is 18.9. The number of rotatable bonds is 3. The average Bonchev–Trinajstić information content (AvgIpc) is 2.18. The van der Waals surface area contributed by atoms with Crippen LogP contribution in [0.3, 0.4) is 0 Å². The summed E-state index contributed by atoms with van der Waals surface area (Å²) in [7, 11) is 0. The Kier molecular flexibility index (Phi) is 2.83. The van der Waals surface area contributed by atoms with Crippen molar-refractivity contribution < 1.29 is 5.11 Å². The molecule has 0 atom stereocenters. The van der Waals surface area contributed by atoms with Gasteiger partial charge in [-0.25, -0.2) is 0 Å². The van der Waals surface area contributed by atoms with Crippen molar-refractivity contribution in [2.24, 2.45) is 0 Å². The zero-order valence-corrected chi connectivity index (χ0v) is 9.66. The van der Waals surface area contributed by atoms with Crippen LogP contribution in [0.25, 0.3) is 0 Å². The lowest BCUT2D eigenvalue weighted by atomic mass is 9.65. The maximum atomic E-state index is 9.47. The summed E-state index contributed by atoms with van der Waals surface area (Å²) >= 11 is 0. The highest BCUT2D eigenvalue weighted by atomic mass is 16.3. The highest BCUT2D eigenvalue weighted by Crippen LogP contribution is 2.43. The van der Waals surface area contributed by atoms with Crippen LogP contribution in [0.4, 0.5) is 0 Å². The third-order valence-electron chi connectivity index (χ3n) is 3.80. The predicted octanol–water partition coefficient (Wildman–Crippen LogP) is 3.22. The fraction of sp³-hybridized carbons (Fsp3) is 0.571. The van der Waals surface area contributed by atoms with Gasteiger partial charge in [0.2, 0.25) is 0 Å². The van der Waals surface area contributed by atoms with E-state index in [-0.39, 0.29) is 5.41 Å². The van der Waals surface area contributed by atoms with Gasteiger partial charge in [-0.1, -0.05) is 44.5 Å². The third-order valence-corrected chi connectivity index (χ3v) is 3.80. The van der Waals surface area contributed by atoms with Gasteiger partial charge in [-0.3, -0.25) is 0 Å². The lowest BCUT2D eigenvalue weighted by Crippen LogP contribution is -2.37. The molecular formula is C14H20O. The van der Waals surface area contributed by atoms with Gasteiger partial charge in [-0.05, 0) is 29.9 Å². The van der Waals surface area contributed by atoms with Crippen molar-refractivity contribution in [1.82, 2.24) is 0 Å². The van der Waals surface area contributed by atoms with E-state index in [9.17, 15) is 5.11 Å². The molecule has 1 aliphatic rings. The molecule has 0 bridgehead atoms. The van der Waals surface area contributed by atoms with Gasteiger partial charge in [0.25, 0.3) is 0 Å². The van der Waals surface area contributed by atoms with E-state index in [1.54, 1.807) is 0 Å². The van der Waals surface area contributed by atoms with Gasteiger partial charge in [0.15, 0.2) is 0 Å². The molecule has 1 aromatic rings. The van der Waals surface area contributed by atoms with Crippen LogP contribution in [0.1, 0.15) is 50.2 Å². The van der Waals surface area contributed by atoms with Gasteiger partial charge in [0.05, 0.1) is 6.61 Å². The molecular weight excluding hydrogens is 184 g/mol. The first kappa shape index (κ1) is 10.7. The van der Waals surface area contributed by atoms with Crippen LogP contribution < -0.4 is 0 Å². The average molecular weight is 204 g/mol. The van der Waals surface area contributed by atoms with E-state index in [1.165, 1.54) is 17.5 Å². The van der Waals surface area contributed by atoms with Crippen LogP contribution >= 0.6 is 0 Å². The van der Waals surface area contributed by atoms with Crippen molar-refractivity contribution >= 4 is 0 Å². The Bertz CT molecular complexity index is 314. The molecule has 0 aromatic heterocycles. The van der Waals surface area contributed by atoms with Gasteiger partial charge in [-0.15, -0.1) is 0 Å². The molecule has 1 aliphatic carbocycles. The lowest BCUT2D eigenvalue weighted by Gasteiger charge is -2.41. The molecule has 0 heterocycles. The maximum Gasteiger partial charge on any atom is 0.0527 e. The Morgan fingerprint density at radius 3 is 2.13 bits per heavy atom. The summed E-state index contributed by atoms with van der Waals surface area (Å²) in [5.41, 5.74) is 2.79. The number of benzene rings is 1. The minimum absolute atomic E-state index is 0.0928. The van der Waals surface area contributed by atoms with Crippen molar-refractivity contribution in [1.29, 1.82) is 0 Å². The third kappa shape index (κ3) is 1.81. The quantitative estimate of drug-likeness (QED) is 0.801. The summed E-state index contributed by atoms with van der Waals surface area (Å²) in [6.45, 7) is 4.72. The second kappa shape index (κ2) is 3.97. The number of aliphatic hydroxyl groups is 1. The summed E-state index contributed by atoms with van der Waals surface area (Å²) in [5.74, 6) is 0.588. The molecule has 0 unspecified atom stereocenters. The first-order chi connectivity index (χ1) is 7.18. The van der Waals surface area contributed by atoms with Crippen molar-refractivity contribution in [3.05, 3.63) is 35.4 Å². The number of hydrogen-bond donors (Lipinski definition) is 1. The summed E-state index contributed by atoms with van der Waals surface area (Å²) < 4.78 is 0. The molecule has 1 aromatic carbocycles. The summed E-state index contributed by atoms with van der Waals surface area (Å²) in [6, 6.07) is 8.81. The van der Waals surface area contributed by atoms with Gasteiger partial charge < -0.3 is 5.11 Å². The topological polar surface area (TPSA) is 20.2 Å². The van der Waals surface area contributed by atoms with E-state index in [2.05, 4.69) is 38.1 Å². The largest absolute Gasteiger partial charge is 0.395 e. The molecule has 0 aliphatic heterocycles. The van der Waals surface area contributed by atoms with E-state index in [1.807, 2.05) is 0 Å². The fourth-order valence-electron chi connectivity index (χ4n) is 2.36. The van der Waals surface area contributed by atoms with Crippen LogP contribution in [0, 0.1) is 0 Å². The zero-order chi connectivity index (χ0) is 10.9. The summed E-state index contributed by atoms with van der Waals surface area (Å²) in [4.78, 5) is 0. The highest BCUT2D eigenvalue weighted by molar-refractivity contribution is 5.32. The van der Waals surface area contributed by atoms with E-state index in [0.29, 0.717) is 12.5 Å². The van der Waals surface area contributed by atoms with Crippen molar-refractivity contribution in [2.75, 3.05) is 6.61 Å². The first-order valence-corrected chi connectivity index (χ1v) is 5.89. The van der Waals surface area contributed by atoms with Gasteiger partial charge >= 0.3 is 0 Å². The van der Waals surface area contributed by atoms with Crippen LogP contribution in [0.2, 0.25) is 0 Å². The monoisotopic (exact) mass is 204 g/mol.